The average molecular weight is 451 g/mol. The summed E-state index contributed by atoms with van der Waals surface area (Å²) in [6.07, 6.45) is 6.22. The molecule has 4 nitrogen and oxygen atoms in total. The molecule has 2 N–H and O–H groups in total. The van der Waals surface area contributed by atoms with Crippen molar-refractivity contribution in [1.29, 1.82) is 10.8 Å². The fourth-order valence-corrected chi connectivity index (χ4v) is 5.61. The van der Waals surface area contributed by atoms with Crippen LogP contribution in [0.2, 0.25) is 5.02 Å². The van der Waals surface area contributed by atoms with Gasteiger partial charge in [0.05, 0.1) is 10.6 Å². The Balaban J connectivity index is 1.87. The third kappa shape index (κ3) is 4.33. The van der Waals surface area contributed by atoms with Gasteiger partial charge in [-0.15, -0.1) is 11.3 Å². The van der Waals surface area contributed by atoms with E-state index in [0.29, 0.717) is 22.6 Å². The number of thiophene rings is 1. The van der Waals surface area contributed by atoms with Gasteiger partial charge in [0.1, 0.15) is 22.7 Å². The molecular weight excluding hydrogens is 424 g/mol. The molecule has 0 spiro atoms. The van der Waals surface area contributed by atoms with E-state index in [0.717, 1.165) is 32.3 Å². The molecular formula is C25H27ClN4S. The van der Waals surface area contributed by atoms with Gasteiger partial charge in [-0.2, -0.15) is 0 Å². The first-order chi connectivity index (χ1) is 14.9. The summed E-state index contributed by atoms with van der Waals surface area (Å²) < 4.78 is 0. The van der Waals surface area contributed by atoms with Gasteiger partial charge in [-0.25, -0.2) is 0 Å². The highest BCUT2D eigenvalue weighted by molar-refractivity contribution is 7.17. The molecule has 0 amide bonds. The number of nitrogens with one attached hydrogen (secondary N) is 2. The van der Waals surface area contributed by atoms with Crippen LogP contribution in [0.4, 0.5) is 5.00 Å². The van der Waals surface area contributed by atoms with Crippen LogP contribution in [0.1, 0.15) is 67.5 Å². The third-order valence-corrected chi connectivity index (χ3v) is 7.42. The van der Waals surface area contributed by atoms with Crippen LogP contribution in [0.15, 0.2) is 29.3 Å². The van der Waals surface area contributed by atoms with Crippen molar-refractivity contribution in [3.8, 4) is 11.8 Å². The number of hydrogen-bond acceptors (Lipinski definition) is 4. The zero-order valence-electron chi connectivity index (χ0n) is 18.2. The minimum absolute atomic E-state index is 0.311. The molecule has 1 aliphatic carbocycles. The van der Waals surface area contributed by atoms with E-state index in [2.05, 4.69) is 18.8 Å². The minimum atomic E-state index is -0.359. The SMILES string of the molecule is CC(=N)N1C(=N)[C@H](C)N=C(c2ccc(Cl)cc2)c2c1sc(C#CC1CCCCC1)c2C. The average Bonchev–Trinajstić information content (AvgIpc) is 3.01. The lowest BCUT2D eigenvalue weighted by Gasteiger charge is -2.23. The van der Waals surface area contributed by atoms with E-state index in [9.17, 15) is 0 Å². The Morgan fingerprint density at radius 1 is 1.19 bits per heavy atom. The van der Waals surface area contributed by atoms with E-state index in [1.807, 2.05) is 31.2 Å². The molecule has 1 aromatic heterocycles. The van der Waals surface area contributed by atoms with Gasteiger partial charge >= 0.3 is 0 Å². The van der Waals surface area contributed by atoms with Crippen molar-refractivity contribution < 1.29 is 0 Å². The lowest BCUT2D eigenvalue weighted by molar-refractivity contribution is 0.430. The van der Waals surface area contributed by atoms with Crippen molar-refractivity contribution in [2.75, 3.05) is 4.90 Å². The molecule has 1 atom stereocenters. The topological polar surface area (TPSA) is 63.3 Å². The van der Waals surface area contributed by atoms with Gasteiger partial charge in [0.25, 0.3) is 0 Å². The highest BCUT2D eigenvalue weighted by atomic mass is 35.5. The predicted molar refractivity (Wildman–Crippen MR) is 133 cm³/mol. The normalized spacial score (nSPS) is 19.2. The highest BCUT2D eigenvalue weighted by Gasteiger charge is 2.32. The number of amidine groups is 2. The fourth-order valence-electron chi connectivity index (χ4n) is 4.24. The fraction of sp³-hybridized carbons (Fsp3) is 0.400. The Morgan fingerprint density at radius 2 is 1.87 bits per heavy atom. The van der Waals surface area contributed by atoms with Crippen molar-refractivity contribution in [1.82, 2.24) is 0 Å². The Labute approximate surface area is 193 Å². The summed E-state index contributed by atoms with van der Waals surface area (Å²) in [5, 5.41) is 18.6. The van der Waals surface area contributed by atoms with E-state index >= 15 is 0 Å². The summed E-state index contributed by atoms with van der Waals surface area (Å²) in [4.78, 5) is 7.65. The zero-order chi connectivity index (χ0) is 22.1. The Kier molecular flexibility index (Phi) is 6.31. The number of halogens is 1. The number of hydrogen-bond donors (Lipinski definition) is 2. The van der Waals surface area contributed by atoms with E-state index < -0.39 is 0 Å². The van der Waals surface area contributed by atoms with Gasteiger partial charge in [0, 0.05) is 22.1 Å². The second-order valence-electron chi connectivity index (χ2n) is 8.31. The number of anilines is 1. The predicted octanol–water partition coefficient (Wildman–Crippen LogP) is 6.66. The van der Waals surface area contributed by atoms with Gasteiger partial charge in [0.2, 0.25) is 0 Å². The molecule has 0 radical (unpaired) electrons. The maximum atomic E-state index is 8.71. The first-order valence-electron chi connectivity index (χ1n) is 10.8. The van der Waals surface area contributed by atoms with Crippen LogP contribution >= 0.6 is 22.9 Å². The van der Waals surface area contributed by atoms with Crippen LogP contribution in [-0.2, 0) is 0 Å². The second kappa shape index (κ2) is 8.98. The van der Waals surface area contributed by atoms with Crippen LogP contribution in [0, 0.1) is 35.5 Å². The van der Waals surface area contributed by atoms with Crippen molar-refractivity contribution in [2.45, 2.75) is 58.9 Å². The highest BCUT2D eigenvalue weighted by Crippen LogP contribution is 2.40. The summed E-state index contributed by atoms with van der Waals surface area (Å²) in [5.74, 6) is 8.06. The van der Waals surface area contributed by atoms with Gasteiger partial charge in [-0.1, -0.05) is 54.8 Å². The molecule has 1 aliphatic heterocycles. The van der Waals surface area contributed by atoms with Crippen molar-refractivity contribution in [3.05, 3.63) is 50.9 Å². The lowest BCUT2D eigenvalue weighted by atomic mass is 9.90. The number of fused-ring (bicyclic) bond motifs is 1. The van der Waals surface area contributed by atoms with Crippen LogP contribution in [-0.4, -0.2) is 23.4 Å². The first-order valence-corrected chi connectivity index (χ1v) is 12.0. The van der Waals surface area contributed by atoms with Crippen molar-refractivity contribution >= 4 is 45.3 Å². The molecule has 6 heteroatoms. The van der Waals surface area contributed by atoms with Crippen LogP contribution in [0.25, 0.3) is 0 Å². The van der Waals surface area contributed by atoms with Gasteiger partial charge in [-0.3, -0.25) is 20.7 Å². The Hall–Kier alpha value is -2.42. The number of nitrogens with zero attached hydrogens (tertiary/aromatic N) is 2. The number of aliphatic imine (C=N–C) groups is 1. The molecule has 0 unspecified atom stereocenters. The van der Waals surface area contributed by atoms with Gasteiger partial charge < -0.3 is 0 Å². The quantitative estimate of drug-likeness (QED) is 0.284. The Bertz CT molecular complexity index is 1110. The van der Waals surface area contributed by atoms with Gasteiger partial charge in [-0.05, 0) is 51.3 Å². The summed E-state index contributed by atoms with van der Waals surface area (Å²) in [5.41, 5.74) is 3.85. The molecule has 0 bridgehead atoms. The molecule has 1 saturated carbocycles. The van der Waals surface area contributed by atoms with Crippen LogP contribution < -0.4 is 4.90 Å². The molecule has 2 heterocycles. The smallest absolute Gasteiger partial charge is 0.132 e. The zero-order valence-corrected chi connectivity index (χ0v) is 19.8. The van der Waals surface area contributed by atoms with Crippen molar-refractivity contribution in [3.63, 3.8) is 0 Å². The summed E-state index contributed by atoms with van der Waals surface area (Å²) >= 11 is 7.69. The van der Waals surface area contributed by atoms with E-state index in [1.165, 1.54) is 32.1 Å². The molecule has 1 fully saturated rings. The molecule has 2 aliphatic rings. The van der Waals surface area contributed by atoms with Crippen LogP contribution in [0.3, 0.4) is 0 Å². The maximum absolute atomic E-state index is 8.71. The number of rotatable bonds is 1. The lowest BCUT2D eigenvalue weighted by Crippen LogP contribution is -2.38. The third-order valence-electron chi connectivity index (χ3n) is 5.98. The molecule has 4 rings (SSSR count). The van der Waals surface area contributed by atoms with Crippen molar-refractivity contribution in [2.24, 2.45) is 10.9 Å². The number of benzene rings is 1. The molecule has 1 aromatic carbocycles. The van der Waals surface area contributed by atoms with Crippen LogP contribution in [0.5, 0.6) is 0 Å². The Morgan fingerprint density at radius 3 is 2.52 bits per heavy atom. The van der Waals surface area contributed by atoms with E-state index in [1.54, 1.807) is 23.2 Å². The van der Waals surface area contributed by atoms with E-state index in [4.69, 9.17) is 27.4 Å². The second-order valence-corrected chi connectivity index (χ2v) is 9.74. The standard InChI is InChI=1S/C25H27ClN4S/c1-15-21(14-9-18-7-5-4-6-8-18)31-25-22(15)23(19-10-12-20(26)13-11-19)29-16(2)24(28)30(25)17(3)27/h10-13,16,18,27-28H,4-8H2,1-3H3/t16-/m0/s1. The maximum Gasteiger partial charge on any atom is 0.132 e. The molecule has 160 valence electrons. The van der Waals surface area contributed by atoms with E-state index in [-0.39, 0.29) is 6.04 Å². The molecule has 0 saturated heterocycles. The summed E-state index contributed by atoms with van der Waals surface area (Å²) in [6, 6.07) is 7.31. The summed E-state index contributed by atoms with van der Waals surface area (Å²) in [7, 11) is 0. The largest absolute Gasteiger partial charge is 0.288 e. The summed E-state index contributed by atoms with van der Waals surface area (Å²) in [6.45, 7) is 5.72. The van der Waals surface area contributed by atoms with Gasteiger partial charge in [0.15, 0.2) is 0 Å². The monoisotopic (exact) mass is 450 g/mol. The minimum Gasteiger partial charge on any atom is -0.288 e. The molecule has 31 heavy (non-hydrogen) atoms. The first kappa shape index (κ1) is 21.8. The molecule has 2 aromatic rings.